The Labute approximate surface area is 172 Å². The molecule has 0 amide bonds. The van der Waals surface area contributed by atoms with Crippen LogP contribution in [0.3, 0.4) is 0 Å². The molecule has 1 aliphatic rings. The van der Waals surface area contributed by atoms with E-state index < -0.39 is 22.7 Å². The zero-order valence-electron chi connectivity index (χ0n) is 15.2. The number of nitriles is 1. The lowest BCUT2D eigenvalue weighted by Crippen LogP contribution is -2.17. The second-order valence-electron chi connectivity index (χ2n) is 7.37. The summed E-state index contributed by atoms with van der Waals surface area (Å²) in [6, 6.07) is 12.2. The third-order valence-electron chi connectivity index (χ3n) is 5.63. The maximum Gasteiger partial charge on any atom is 0.416 e. The molecule has 0 unspecified atom stereocenters. The fraction of sp³-hybridized carbons (Fsp3) is 0.190. The predicted octanol–water partition coefficient (Wildman–Crippen LogP) is 4.80. The normalized spacial score (nSPS) is 15.4. The van der Waals surface area contributed by atoms with Gasteiger partial charge in [-0.25, -0.2) is 4.98 Å². The van der Waals surface area contributed by atoms with Gasteiger partial charge < -0.3 is 0 Å². The molecule has 0 radical (unpaired) electrons. The SMILES string of the molecule is N#Cc1c(C2(c3ccc(Cl)cc3)CC2)[nH]n2c(=O)c3cc(C(F)(F)F)ccc3nc12. The van der Waals surface area contributed by atoms with Gasteiger partial charge in [-0.1, -0.05) is 23.7 Å². The Kier molecular flexibility index (Phi) is 3.80. The minimum Gasteiger partial charge on any atom is -0.291 e. The summed E-state index contributed by atoms with van der Waals surface area (Å²) < 4.78 is 40.3. The number of H-pyrrole nitrogens is 1. The van der Waals surface area contributed by atoms with Crippen LogP contribution in [0.25, 0.3) is 16.6 Å². The highest BCUT2D eigenvalue weighted by molar-refractivity contribution is 6.30. The molecule has 0 spiro atoms. The minimum atomic E-state index is -4.58. The first-order valence-corrected chi connectivity index (χ1v) is 9.45. The molecule has 0 aliphatic heterocycles. The van der Waals surface area contributed by atoms with Crippen LogP contribution in [-0.2, 0) is 11.6 Å². The molecule has 5 rings (SSSR count). The van der Waals surface area contributed by atoms with E-state index in [-0.39, 0.29) is 22.1 Å². The first-order chi connectivity index (χ1) is 14.2. The number of hydrogen-bond acceptors (Lipinski definition) is 3. The molecular formula is C21H12ClF3N4O. The van der Waals surface area contributed by atoms with Crippen molar-refractivity contribution in [2.75, 3.05) is 0 Å². The van der Waals surface area contributed by atoms with Crippen LogP contribution < -0.4 is 5.56 Å². The highest BCUT2D eigenvalue weighted by atomic mass is 35.5. The average Bonchev–Trinajstić information content (AvgIpc) is 3.43. The molecular weight excluding hydrogens is 417 g/mol. The summed E-state index contributed by atoms with van der Waals surface area (Å²) in [5.41, 5.74) is -0.219. The molecule has 0 saturated heterocycles. The van der Waals surface area contributed by atoms with Crippen molar-refractivity contribution < 1.29 is 13.2 Å². The summed E-state index contributed by atoms with van der Waals surface area (Å²) in [6.07, 6.45) is -3.07. The number of hydrogen-bond donors (Lipinski definition) is 1. The highest BCUT2D eigenvalue weighted by Gasteiger charge is 2.49. The number of aromatic nitrogens is 3. The van der Waals surface area contributed by atoms with Crippen molar-refractivity contribution >= 4 is 28.2 Å². The van der Waals surface area contributed by atoms with Gasteiger partial charge in [0.15, 0.2) is 5.65 Å². The summed E-state index contributed by atoms with van der Waals surface area (Å²) in [7, 11) is 0. The van der Waals surface area contributed by atoms with Crippen molar-refractivity contribution in [2.45, 2.75) is 24.4 Å². The average molecular weight is 429 g/mol. The van der Waals surface area contributed by atoms with Crippen molar-refractivity contribution in [3.8, 4) is 6.07 Å². The Morgan fingerprint density at radius 1 is 1.17 bits per heavy atom. The number of halogens is 4. The van der Waals surface area contributed by atoms with Gasteiger partial charge in [0.05, 0.1) is 22.2 Å². The Bertz CT molecular complexity index is 1420. The van der Waals surface area contributed by atoms with Crippen LogP contribution in [0, 0.1) is 11.3 Å². The first-order valence-electron chi connectivity index (χ1n) is 9.07. The van der Waals surface area contributed by atoms with Gasteiger partial charge in [-0.05, 0) is 48.7 Å². The lowest BCUT2D eigenvalue weighted by molar-refractivity contribution is -0.137. The van der Waals surface area contributed by atoms with Gasteiger partial charge in [0.25, 0.3) is 5.56 Å². The van der Waals surface area contributed by atoms with E-state index in [1.807, 2.05) is 12.1 Å². The van der Waals surface area contributed by atoms with E-state index in [1.54, 1.807) is 12.1 Å². The Balaban J connectivity index is 1.78. The molecule has 2 aromatic heterocycles. The third-order valence-corrected chi connectivity index (χ3v) is 5.88. The molecule has 4 aromatic rings. The molecule has 5 nitrogen and oxygen atoms in total. The van der Waals surface area contributed by atoms with Crippen LogP contribution in [0.4, 0.5) is 13.2 Å². The zero-order chi connectivity index (χ0) is 21.3. The maximum absolute atomic E-state index is 13.1. The second-order valence-corrected chi connectivity index (χ2v) is 7.80. The fourth-order valence-corrected chi connectivity index (χ4v) is 4.07. The summed E-state index contributed by atoms with van der Waals surface area (Å²) in [4.78, 5) is 17.3. The van der Waals surface area contributed by atoms with Gasteiger partial charge in [-0.3, -0.25) is 9.89 Å². The van der Waals surface area contributed by atoms with Crippen LogP contribution in [0.15, 0.2) is 47.3 Å². The number of rotatable bonds is 2. The van der Waals surface area contributed by atoms with E-state index in [2.05, 4.69) is 16.2 Å². The van der Waals surface area contributed by atoms with E-state index in [1.165, 1.54) is 0 Å². The quantitative estimate of drug-likeness (QED) is 0.498. The summed E-state index contributed by atoms with van der Waals surface area (Å²) in [5, 5.41) is 13.2. The van der Waals surface area contributed by atoms with Crippen molar-refractivity contribution in [2.24, 2.45) is 0 Å². The van der Waals surface area contributed by atoms with Crippen molar-refractivity contribution in [1.82, 2.24) is 14.6 Å². The first kappa shape index (κ1) is 18.7. The van der Waals surface area contributed by atoms with Crippen LogP contribution in [0.5, 0.6) is 0 Å². The Hall–Kier alpha value is -3.31. The predicted molar refractivity (Wildman–Crippen MR) is 105 cm³/mol. The maximum atomic E-state index is 13.1. The number of fused-ring (bicyclic) bond motifs is 2. The zero-order valence-corrected chi connectivity index (χ0v) is 16.0. The second kappa shape index (κ2) is 6.09. The van der Waals surface area contributed by atoms with Gasteiger partial charge in [0, 0.05) is 10.4 Å². The molecule has 2 heterocycles. The van der Waals surface area contributed by atoms with E-state index in [0.717, 1.165) is 41.1 Å². The third kappa shape index (κ3) is 2.62. The smallest absolute Gasteiger partial charge is 0.291 e. The fourth-order valence-electron chi connectivity index (χ4n) is 3.94. The van der Waals surface area contributed by atoms with Gasteiger partial charge in [0.2, 0.25) is 0 Å². The molecule has 1 fully saturated rings. The lowest BCUT2D eigenvalue weighted by Gasteiger charge is -2.14. The van der Waals surface area contributed by atoms with Crippen molar-refractivity contribution in [3.05, 3.63) is 80.2 Å². The van der Waals surface area contributed by atoms with Crippen LogP contribution in [0.1, 0.15) is 35.2 Å². The Morgan fingerprint density at radius 3 is 2.47 bits per heavy atom. The van der Waals surface area contributed by atoms with Crippen LogP contribution in [-0.4, -0.2) is 14.6 Å². The number of nitrogens with one attached hydrogen (secondary N) is 1. The molecule has 1 N–H and O–H groups in total. The van der Waals surface area contributed by atoms with E-state index >= 15 is 0 Å². The highest BCUT2D eigenvalue weighted by Crippen LogP contribution is 2.54. The summed E-state index contributed by atoms with van der Waals surface area (Å²) in [6.45, 7) is 0. The summed E-state index contributed by atoms with van der Waals surface area (Å²) >= 11 is 5.98. The molecule has 2 aromatic carbocycles. The molecule has 1 aliphatic carbocycles. The number of alkyl halides is 3. The number of aromatic amines is 1. The molecule has 1 saturated carbocycles. The molecule has 150 valence electrons. The lowest BCUT2D eigenvalue weighted by atomic mass is 9.90. The number of nitrogens with zero attached hydrogens (tertiary/aromatic N) is 3. The Morgan fingerprint density at radius 2 is 1.87 bits per heavy atom. The van der Waals surface area contributed by atoms with Crippen molar-refractivity contribution in [3.63, 3.8) is 0 Å². The summed E-state index contributed by atoms with van der Waals surface area (Å²) in [5.74, 6) is 0. The van der Waals surface area contributed by atoms with Gasteiger partial charge in [-0.15, -0.1) is 0 Å². The van der Waals surface area contributed by atoms with E-state index in [4.69, 9.17) is 11.6 Å². The standard InChI is InChI=1S/C21H12ClF3N4O/c22-13-4-1-11(2-5-13)20(7-8-20)17-15(10-26)18-27-16-6-3-12(21(23,24)25)9-14(16)19(30)29(18)28-17/h1-6,9,28H,7-8H2. The van der Waals surface area contributed by atoms with E-state index in [0.29, 0.717) is 10.7 Å². The number of benzene rings is 2. The monoisotopic (exact) mass is 428 g/mol. The van der Waals surface area contributed by atoms with Crippen LogP contribution >= 0.6 is 11.6 Å². The molecule has 30 heavy (non-hydrogen) atoms. The molecule has 0 atom stereocenters. The van der Waals surface area contributed by atoms with Gasteiger partial charge in [0.1, 0.15) is 11.6 Å². The molecule has 9 heteroatoms. The molecule has 0 bridgehead atoms. The largest absolute Gasteiger partial charge is 0.416 e. The minimum absolute atomic E-state index is 0.102. The van der Waals surface area contributed by atoms with Crippen LogP contribution in [0.2, 0.25) is 5.02 Å². The van der Waals surface area contributed by atoms with Crippen molar-refractivity contribution in [1.29, 1.82) is 5.26 Å². The van der Waals surface area contributed by atoms with Gasteiger partial charge >= 0.3 is 6.18 Å². The van der Waals surface area contributed by atoms with E-state index in [9.17, 15) is 23.2 Å². The topological polar surface area (TPSA) is 73.9 Å². The van der Waals surface area contributed by atoms with Gasteiger partial charge in [-0.2, -0.15) is 22.9 Å².